The minimum atomic E-state index is 0.688. The molecule has 0 bridgehead atoms. The van der Waals surface area contributed by atoms with Crippen molar-refractivity contribution in [2.24, 2.45) is 7.05 Å². The van der Waals surface area contributed by atoms with E-state index in [-0.39, 0.29) is 0 Å². The molecule has 5 nitrogen and oxygen atoms in total. The Kier molecular flexibility index (Phi) is 2.79. The summed E-state index contributed by atoms with van der Waals surface area (Å²) >= 11 is 0. The van der Waals surface area contributed by atoms with E-state index < -0.39 is 0 Å². The van der Waals surface area contributed by atoms with Crippen LogP contribution < -0.4 is 5.32 Å². The molecule has 12 heavy (non-hydrogen) atoms. The Morgan fingerprint density at radius 1 is 1.58 bits per heavy atom. The second-order valence-corrected chi connectivity index (χ2v) is 2.79. The van der Waals surface area contributed by atoms with Gasteiger partial charge in [0.25, 0.3) is 0 Å². The van der Waals surface area contributed by atoms with Gasteiger partial charge in [-0.15, -0.1) is 0 Å². The Labute approximate surface area is 71.5 Å². The predicted molar refractivity (Wildman–Crippen MR) is 46.7 cm³/mol. The number of aromatic nitrogens is 4. The summed E-state index contributed by atoms with van der Waals surface area (Å²) in [5.41, 5.74) is 1.28. The molecule has 0 amide bonds. The number of anilines is 1. The van der Waals surface area contributed by atoms with Crippen LogP contribution in [-0.2, 0) is 7.05 Å². The lowest BCUT2D eigenvalue weighted by atomic mass is 10.3. The van der Waals surface area contributed by atoms with E-state index in [1.54, 1.807) is 11.7 Å². The highest BCUT2D eigenvalue weighted by Gasteiger charge is 1.96. The predicted octanol–water partition coefficient (Wildman–Crippen LogP) is 0.588. The summed E-state index contributed by atoms with van der Waals surface area (Å²) in [4.78, 5) is 0. The lowest BCUT2D eigenvalue weighted by molar-refractivity contribution is 0.713. The van der Waals surface area contributed by atoms with Crippen molar-refractivity contribution in [3.8, 4) is 0 Å². The van der Waals surface area contributed by atoms with E-state index in [0.717, 1.165) is 6.54 Å². The first-order valence-corrected chi connectivity index (χ1v) is 3.79. The number of hydrogen-bond donors (Lipinski definition) is 1. The number of allylic oxidation sites excluding steroid dienone is 1. The molecule has 0 aliphatic carbocycles. The van der Waals surface area contributed by atoms with Gasteiger partial charge in [-0.05, 0) is 24.3 Å². The Hall–Kier alpha value is -1.39. The molecular formula is C7H13N5. The summed E-state index contributed by atoms with van der Waals surface area (Å²) in [6.45, 7) is 4.86. The van der Waals surface area contributed by atoms with Gasteiger partial charge in [-0.1, -0.05) is 16.7 Å². The second kappa shape index (κ2) is 3.85. The van der Waals surface area contributed by atoms with Gasteiger partial charge in [0.2, 0.25) is 5.95 Å². The lowest BCUT2D eigenvalue weighted by Gasteiger charge is -1.99. The maximum Gasteiger partial charge on any atom is 0.242 e. The topological polar surface area (TPSA) is 55.6 Å². The standard InChI is InChI=1S/C7H13N5/c1-6(2)4-5-8-7-9-10-11-12(7)3/h4H,5H2,1-3H3,(H,8,9,11). The molecule has 0 saturated heterocycles. The van der Waals surface area contributed by atoms with Crippen molar-refractivity contribution in [2.75, 3.05) is 11.9 Å². The smallest absolute Gasteiger partial charge is 0.242 e. The molecule has 0 atom stereocenters. The van der Waals surface area contributed by atoms with Crippen LogP contribution in [0.5, 0.6) is 0 Å². The molecule has 0 aliphatic rings. The maximum atomic E-state index is 3.77. The fourth-order valence-electron chi connectivity index (χ4n) is 0.726. The van der Waals surface area contributed by atoms with E-state index >= 15 is 0 Å². The molecule has 1 aromatic rings. The van der Waals surface area contributed by atoms with Gasteiger partial charge >= 0.3 is 0 Å². The molecule has 0 radical (unpaired) electrons. The van der Waals surface area contributed by atoms with Gasteiger partial charge in [0.1, 0.15) is 0 Å². The highest BCUT2D eigenvalue weighted by molar-refractivity contribution is 5.22. The van der Waals surface area contributed by atoms with Crippen molar-refractivity contribution in [2.45, 2.75) is 13.8 Å². The number of nitrogens with zero attached hydrogens (tertiary/aromatic N) is 4. The molecule has 1 rings (SSSR count). The van der Waals surface area contributed by atoms with Crippen LogP contribution >= 0.6 is 0 Å². The summed E-state index contributed by atoms with van der Waals surface area (Å²) in [6, 6.07) is 0. The first-order chi connectivity index (χ1) is 5.70. The van der Waals surface area contributed by atoms with Crippen LogP contribution in [0.4, 0.5) is 5.95 Å². The zero-order valence-corrected chi connectivity index (χ0v) is 7.57. The Morgan fingerprint density at radius 3 is 2.83 bits per heavy atom. The molecule has 1 N–H and O–H groups in total. The average molecular weight is 167 g/mol. The molecule has 5 heteroatoms. The fraction of sp³-hybridized carbons (Fsp3) is 0.571. The molecule has 1 aromatic heterocycles. The molecular weight excluding hydrogens is 154 g/mol. The summed E-state index contributed by atoms with van der Waals surface area (Å²) in [7, 11) is 1.80. The SMILES string of the molecule is CC(C)=CCNc1nnnn1C. The van der Waals surface area contributed by atoms with E-state index in [1.165, 1.54) is 5.57 Å². The molecule has 1 heterocycles. The van der Waals surface area contributed by atoms with Crippen LogP contribution in [-0.4, -0.2) is 26.8 Å². The van der Waals surface area contributed by atoms with Crippen molar-refractivity contribution < 1.29 is 0 Å². The number of hydrogen-bond acceptors (Lipinski definition) is 4. The van der Waals surface area contributed by atoms with Crippen molar-refractivity contribution in [3.05, 3.63) is 11.6 Å². The van der Waals surface area contributed by atoms with Crippen molar-refractivity contribution >= 4 is 5.95 Å². The van der Waals surface area contributed by atoms with Gasteiger partial charge in [0.15, 0.2) is 0 Å². The molecule has 0 saturated carbocycles. The average Bonchev–Trinajstić information content (AvgIpc) is 2.36. The van der Waals surface area contributed by atoms with Gasteiger partial charge in [-0.25, -0.2) is 4.68 Å². The fourth-order valence-corrected chi connectivity index (χ4v) is 0.726. The number of aryl methyl sites for hydroxylation is 1. The largest absolute Gasteiger partial charge is 0.350 e. The van der Waals surface area contributed by atoms with Crippen LogP contribution in [0.2, 0.25) is 0 Å². The van der Waals surface area contributed by atoms with Crippen molar-refractivity contribution in [1.29, 1.82) is 0 Å². The van der Waals surface area contributed by atoms with Crippen LogP contribution in [0.3, 0.4) is 0 Å². The number of rotatable bonds is 3. The summed E-state index contributed by atoms with van der Waals surface area (Å²) < 4.78 is 1.60. The van der Waals surface area contributed by atoms with E-state index in [4.69, 9.17) is 0 Å². The lowest BCUT2D eigenvalue weighted by Crippen LogP contribution is -2.05. The van der Waals surface area contributed by atoms with Gasteiger partial charge in [-0.3, -0.25) is 0 Å². The minimum absolute atomic E-state index is 0.688. The highest BCUT2D eigenvalue weighted by Crippen LogP contribution is 1.95. The van der Waals surface area contributed by atoms with Crippen LogP contribution in [0.25, 0.3) is 0 Å². The summed E-state index contributed by atoms with van der Waals surface area (Å²) in [5, 5.41) is 14.0. The summed E-state index contributed by atoms with van der Waals surface area (Å²) in [6.07, 6.45) is 2.08. The maximum absolute atomic E-state index is 3.77. The minimum Gasteiger partial charge on any atom is -0.350 e. The van der Waals surface area contributed by atoms with E-state index in [2.05, 4.69) is 40.8 Å². The Bertz CT molecular complexity index is 271. The van der Waals surface area contributed by atoms with E-state index in [1.807, 2.05) is 0 Å². The monoisotopic (exact) mass is 167 g/mol. The third-order valence-corrected chi connectivity index (χ3v) is 1.39. The molecule has 0 aliphatic heterocycles. The first-order valence-electron chi connectivity index (χ1n) is 3.79. The quantitative estimate of drug-likeness (QED) is 0.669. The third kappa shape index (κ3) is 2.34. The Morgan fingerprint density at radius 2 is 2.33 bits per heavy atom. The molecule has 66 valence electrons. The van der Waals surface area contributed by atoms with E-state index in [9.17, 15) is 0 Å². The molecule has 0 fully saturated rings. The number of tetrazole rings is 1. The normalized spacial score (nSPS) is 9.58. The second-order valence-electron chi connectivity index (χ2n) is 2.79. The molecule has 0 aromatic carbocycles. The summed E-state index contributed by atoms with van der Waals surface area (Å²) in [5.74, 6) is 0.688. The van der Waals surface area contributed by atoms with Crippen LogP contribution in [0, 0.1) is 0 Å². The van der Waals surface area contributed by atoms with Crippen LogP contribution in [0.1, 0.15) is 13.8 Å². The van der Waals surface area contributed by atoms with Gasteiger partial charge < -0.3 is 5.32 Å². The van der Waals surface area contributed by atoms with Gasteiger partial charge in [0, 0.05) is 13.6 Å². The zero-order chi connectivity index (χ0) is 8.97. The zero-order valence-electron chi connectivity index (χ0n) is 7.57. The third-order valence-electron chi connectivity index (χ3n) is 1.39. The number of nitrogens with one attached hydrogen (secondary N) is 1. The molecule has 0 unspecified atom stereocenters. The van der Waals surface area contributed by atoms with E-state index in [0.29, 0.717) is 5.95 Å². The van der Waals surface area contributed by atoms with Crippen LogP contribution in [0.15, 0.2) is 11.6 Å². The van der Waals surface area contributed by atoms with Crippen molar-refractivity contribution in [3.63, 3.8) is 0 Å². The highest BCUT2D eigenvalue weighted by atomic mass is 15.6. The molecule has 0 spiro atoms. The van der Waals surface area contributed by atoms with Gasteiger partial charge in [0.05, 0.1) is 0 Å². The van der Waals surface area contributed by atoms with Crippen molar-refractivity contribution in [1.82, 2.24) is 20.2 Å². The van der Waals surface area contributed by atoms with Gasteiger partial charge in [-0.2, -0.15) is 0 Å². The Balaban J connectivity index is 2.44. The first kappa shape index (κ1) is 8.70.